The van der Waals surface area contributed by atoms with E-state index in [0.29, 0.717) is 12.5 Å². The average molecular weight is 234 g/mol. The zero-order valence-corrected chi connectivity index (χ0v) is 10.5. The van der Waals surface area contributed by atoms with Crippen molar-refractivity contribution >= 4 is 0 Å². The molecule has 1 aliphatic rings. The summed E-state index contributed by atoms with van der Waals surface area (Å²) in [7, 11) is 1.70. The van der Waals surface area contributed by atoms with Gasteiger partial charge >= 0.3 is 0 Å². The van der Waals surface area contributed by atoms with E-state index >= 15 is 0 Å². The topological polar surface area (TPSA) is 47.3 Å². The third-order valence-electron chi connectivity index (χ3n) is 3.61. The SMILES string of the molecule is COc1cccc(C(CN)CNC2CCC2)c1. The standard InChI is InChI=1S/C14H22N2O/c1-17-14-7-2-4-11(8-14)12(9-15)10-16-13-5-3-6-13/h2,4,7-8,12-13,16H,3,5-6,9-10,15H2,1H3. The highest BCUT2D eigenvalue weighted by molar-refractivity contribution is 5.31. The zero-order chi connectivity index (χ0) is 12.1. The van der Waals surface area contributed by atoms with Crippen LogP contribution < -0.4 is 15.8 Å². The molecule has 1 fully saturated rings. The lowest BCUT2D eigenvalue weighted by Crippen LogP contribution is -2.39. The number of rotatable bonds is 6. The van der Waals surface area contributed by atoms with Gasteiger partial charge in [0.2, 0.25) is 0 Å². The molecule has 1 saturated carbocycles. The summed E-state index contributed by atoms with van der Waals surface area (Å²) in [6.45, 7) is 1.64. The van der Waals surface area contributed by atoms with Crippen molar-refractivity contribution in [3.8, 4) is 5.75 Å². The highest BCUT2D eigenvalue weighted by Crippen LogP contribution is 2.22. The van der Waals surface area contributed by atoms with Gasteiger partial charge in [-0.1, -0.05) is 18.6 Å². The van der Waals surface area contributed by atoms with E-state index in [0.717, 1.165) is 18.3 Å². The first-order valence-electron chi connectivity index (χ1n) is 6.41. The maximum Gasteiger partial charge on any atom is 0.119 e. The van der Waals surface area contributed by atoms with Crippen LogP contribution in [0.25, 0.3) is 0 Å². The van der Waals surface area contributed by atoms with E-state index in [1.54, 1.807) is 7.11 Å². The van der Waals surface area contributed by atoms with Crippen molar-refractivity contribution in [2.24, 2.45) is 5.73 Å². The predicted molar refractivity (Wildman–Crippen MR) is 70.4 cm³/mol. The van der Waals surface area contributed by atoms with Crippen molar-refractivity contribution in [1.82, 2.24) is 5.32 Å². The van der Waals surface area contributed by atoms with Crippen LogP contribution in [0.4, 0.5) is 0 Å². The third kappa shape index (κ3) is 3.20. The first kappa shape index (κ1) is 12.4. The van der Waals surface area contributed by atoms with E-state index in [9.17, 15) is 0 Å². The second-order valence-electron chi connectivity index (χ2n) is 4.75. The van der Waals surface area contributed by atoms with E-state index < -0.39 is 0 Å². The fraction of sp³-hybridized carbons (Fsp3) is 0.571. The molecule has 3 heteroatoms. The minimum Gasteiger partial charge on any atom is -0.497 e. The van der Waals surface area contributed by atoms with Crippen LogP contribution in [-0.4, -0.2) is 26.2 Å². The average Bonchev–Trinajstić information content (AvgIpc) is 2.32. The monoisotopic (exact) mass is 234 g/mol. The Hall–Kier alpha value is -1.06. The van der Waals surface area contributed by atoms with Gasteiger partial charge in [0.05, 0.1) is 7.11 Å². The quantitative estimate of drug-likeness (QED) is 0.790. The van der Waals surface area contributed by atoms with Crippen LogP contribution in [0.5, 0.6) is 5.75 Å². The Morgan fingerprint density at radius 2 is 2.29 bits per heavy atom. The molecule has 2 rings (SSSR count). The number of hydrogen-bond donors (Lipinski definition) is 2. The second-order valence-corrected chi connectivity index (χ2v) is 4.75. The van der Waals surface area contributed by atoms with Crippen LogP contribution in [0.3, 0.4) is 0 Å². The number of methoxy groups -OCH3 is 1. The van der Waals surface area contributed by atoms with Crippen molar-refractivity contribution < 1.29 is 4.74 Å². The number of nitrogens with two attached hydrogens (primary N) is 1. The molecule has 1 atom stereocenters. The van der Waals surface area contributed by atoms with E-state index in [-0.39, 0.29) is 0 Å². The largest absolute Gasteiger partial charge is 0.497 e. The van der Waals surface area contributed by atoms with Crippen LogP contribution in [0, 0.1) is 0 Å². The van der Waals surface area contributed by atoms with Gasteiger partial charge in [0.1, 0.15) is 5.75 Å². The van der Waals surface area contributed by atoms with Crippen LogP contribution in [0.1, 0.15) is 30.7 Å². The molecule has 1 aliphatic carbocycles. The lowest BCUT2D eigenvalue weighted by molar-refractivity contribution is 0.332. The normalized spacial score (nSPS) is 17.5. The number of ether oxygens (including phenoxy) is 1. The van der Waals surface area contributed by atoms with Gasteiger partial charge < -0.3 is 15.8 Å². The van der Waals surface area contributed by atoms with E-state index in [4.69, 9.17) is 10.5 Å². The summed E-state index contributed by atoms with van der Waals surface area (Å²) in [6.07, 6.45) is 3.99. The Balaban J connectivity index is 1.94. The fourth-order valence-corrected chi connectivity index (χ4v) is 2.15. The molecule has 1 unspecified atom stereocenters. The van der Waals surface area contributed by atoms with E-state index in [1.807, 2.05) is 12.1 Å². The van der Waals surface area contributed by atoms with Gasteiger partial charge in [-0.25, -0.2) is 0 Å². The second kappa shape index (κ2) is 6.03. The lowest BCUT2D eigenvalue weighted by Gasteiger charge is -2.28. The van der Waals surface area contributed by atoms with Gasteiger partial charge in [0.25, 0.3) is 0 Å². The maximum atomic E-state index is 5.86. The Kier molecular flexibility index (Phi) is 4.40. The summed E-state index contributed by atoms with van der Waals surface area (Å²) in [5, 5.41) is 3.59. The van der Waals surface area contributed by atoms with Crippen molar-refractivity contribution in [3.05, 3.63) is 29.8 Å². The maximum absolute atomic E-state index is 5.86. The Labute approximate surface area is 103 Å². The molecule has 0 aliphatic heterocycles. The highest BCUT2D eigenvalue weighted by atomic mass is 16.5. The minimum atomic E-state index is 0.380. The van der Waals surface area contributed by atoms with Crippen LogP contribution >= 0.6 is 0 Å². The molecule has 0 radical (unpaired) electrons. The van der Waals surface area contributed by atoms with Gasteiger partial charge in [-0.2, -0.15) is 0 Å². The summed E-state index contributed by atoms with van der Waals surface area (Å²) in [6, 6.07) is 8.92. The van der Waals surface area contributed by atoms with Gasteiger partial charge in [-0.05, 0) is 30.5 Å². The number of benzene rings is 1. The molecule has 0 bridgehead atoms. The smallest absolute Gasteiger partial charge is 0.119 e. The number of nitrogens with one attached hydrogen (secondary N) is 1. The summed E-state index contributed by atoms with van der Waals surface area (Å²) in [5.41, 5.74) is 7.12. The molecule has 1 aromatic carbocycles. The molecular formula is C14H22N2O. The first-order chi connectivity index (χ1) is 8.33. The van der Waals surface area contributed by atoms with Gasteiger partial charge in [0, 0.05) is 25.0 Å². The van der Waals surface area contributed by atoms with Gasteiger partial charge in [0.15, 0.2) is 0 Å². The summed E-state index contributed by atoms with van der Waals surface area (Å²) in [5.74, 6) is 1.29. The fourth-order valence-electron chi connectivity index (χ4n) is 2.15. The molecule has 0 spiro atoms. The van der Waals surface area contributed by atoms with Gasteiger partial charge in [-0.15, -0.1) is 0 Å². The molecule has 0 aromatic heterocycles. The first-order valence-corrected chi connectivity index (χ1v) is 6.41. The minimum absolute atomic E-state index is 0.380. The van der Waals surface area contributed by atoms with Crippen molar-refractivity contribution in [1.29, 1.82) is 0 Å². The molecule has 17 heavy (non-hydrogen) atoms. The molecule has 0 heterocycles. The van der Waals surface area contributed by atoms with Crippen molar-refractivity contribution in [2.45, 2.75) is 31.2 Å². The zero-order valence-electron chi connectivity index (χ0n) is 10.5. The predicted octanol–water partition coefficient (Wildman–Crippen LogP) is 1.88. The number of hydrogen-bond acceptors (Lipinski definition) is 3. The molecular weight excluding hydrogens is 212 g/mol. The molecule has 1 aromatic rings. The van der Waals surface area contributed by atoms with E-state index in [1.165, 1.54) is 24.8 Å². The molecule has 0 saturated heterocycles. The van der Waals surface area contributed by atoms with Crippen molar-refractivity contribution in [2.75, 3.05) is 20.2 Å². The Morgan fingerprint density at radius 3 is 2.88 bits per heavy atom. The molecule has 3 nitrogen and oxygen atoms in total. The van der Waals surface area contributed by atoms with Crippen LogP contribution in [-0.2, 0) is 0 Å². The van der Waals surface area contributed by atoms with E-state index in [2.05, 4.69) is 17.4 Å². The van der Waals surface area contributed by atoms with Crippen LogP contribution in [0.15, 0.2) is 24.3 Å². The Morgan fingerprint density at radius 1 is 1.47 bits per heavy atom. The van der Waals surface area contributed by atoms with Gasteiger partial charge in [-0.3, -0.25) is 0 Å². The molecule has 0 amide bonds. The Bertz CT molecular complexity index is 350. The molecule has 3 N–H and O–H groups in total. The lowest BCUT2D eigenvalue weighted by atomic mass is 9.91. The summed E-state index contributed by atoms with van der Waals surface area (Å²) >= 11 is 0. The van der Waals surface area contributed by atoms with Crippen molar-refractivity contribution in [3.63, 3.8) is 0 Å². The molecule has 94 valence electrons. The third-order valence-corrected chi connectivity index (χ3v) is 3.61. The summed E-state index contributed by atoms with van der Waals surface area (Å²) in [4.78, 5) is 0. The van der Waals surface area contributed by atoms with Crippen LogP contribution in [0.2, 0.25) is 0 Å². The highest BCUT2D eigenvalue weighted by Gasteiger charge is 2.18. The summed E-state index contributed by atoms with van der Waals surface area (Å²) < 4.78 is 5.25.